The summed E-state index contributed by atoms with van der Waals surface area (Å²) in [6.07, 6.45) is 0. The molecule has 1 aliphatic rings. The molecule has 0 radical (unpaired) electrons. The molecule has 3 heterocycles. The van der Waals surface area contributed by atoms with Crippen LogP contribution in [-0.2, 0) is 27.2 Å². The zero-order valence-electron chi connectivity index (χ0n) is 17.4. The third-order valence-electron chi connectivity index (χ3n) is 5.27. The fourth-order valence-electron chi connectivity index (χ4n) is 3.71. The van der Waals surface area contributed by atoms with Gasteiger partial charge in [-0.2, -0.15) is 10.2 Å². The number of benzene rings is 1. The maximum Gasteiger partial charge on any atom is 0.258 e. The largest absolute Gasteiger partial charge is 0.454 e. The van der Waals surface area contributed by atoms with Crippen LogP contribution in [0.3, 0.4) is 0 Å². The first kappa shape index (κ1) is 19.0. The second kappa shape index (κ2) is 7.27. The van der Waals surface area contributed by atoms with Gasteiger partial charge < -0.3 is 14.4 Å². The van der Waals surface area contributed by atoms with Crippen LogP contribution in [0, 0.1) is 20.8 Å². The van der Waals surface area contributed by atoms with Gasteiger partial charge in [0, 0.05) is 26.3 Å². The molecule has 29 heavy (non-hydrogen) atoms. The summed E-state index contributed by atoms with van der Waals surface area (Å²) in [5.41, 5.74) is 5.09. The Morgan fingerprint density at radius 2 is 1.79 bits per heavy atom. The SMILES string of the molecule is Cc1cc(CN(Cc2ccc3c(c2)OCO3)C(=O)c2c(C)nn(C)c2C)n(C)n1. The molecule has 4 rings (SSSR count). The predicted molar refractivity (Wildman–Crippen MR) is 107 cm³/mol. The number of hydrogen-bond donors (Lipinski definition) is 0. The van der Waals surface area contributed by atoms with Crippen molar-refractivity contribution in [2.24, 2.45) is 14.1 Å². The van der Waals surface area contributed by atoms with Gasteiger partial charge in [-0.1, -0.05) is 6.07 Å². The van der Waals surface area contributed by atoms with E-state index in [-0.39, 0.29) is 12.7 Å². The average molecular weight is 395 g/mol. The first-order valence-corrected chi connectivity index (χ1v) is 9.51. The van der Waals surface area contributed by atoms with E-state index in [0.29, 0.717) is 24.4 Å². The van der Waals surface area contributed by atoms with Crippen LogP contribution in [0.1, 0.15) is 38.7 Å². The highest BCUT2D eigenvalue weighted by molar-refractivity contribution is 5.96. The lowest BCUT2D eigenvalue weighted by molar-refractivity contribution is 0.0724. The van der Waals surface area contributed by atoms with E-state index in [0.717, 1.165) is 34.1 Å². The minimum atomic E-state index is -0.0513. The summed E-state index contributed by atoms with van der Waals surface area (Å²) in [4.78, 5) is 15.4. The number of carbonyl (C=O) groups is 1. The Kier molecular flexibility index (Phi) is 4.77. The van der Waals surface area contributed by atoms with Gasteiger partial charge in [0.05, 0.1) is 29.2 Å². The third-order valence-corrected chi connectivity index (χ3v) is 5.27. The molecule has 0 unspecified atom stereocenters. The van der Waals surface area contributed by atoms with Gasteiger partial charge in [-0.15, -0.1) is 0 Å². The van der Waals surface area contributed by atoms with Gasteiger partial charge in [-0.3, -0.25) is 14.2 Å². The molecular weight excluding hydrogens is 370 g/mol. The van der Waals surface area contributed by atoms with Crippen LogP contribution in [-0.4, -0.2) is 37.2 Å². The predicted octanol–water partition coefficient (Wildman–Crippen LogP) is 2.65. The van der Waals surface area contributed by atoms with Crippen LogP contribution in [0.5, 0.6) is 11.5 Å². The molecule has 0 N–H and O–H groups in total. The molecular formula is C21H25N5O3. The van der Waals surface area contributed by atoms with Gasteiger partial charge in [-0.25, -0.2) is 0 Å². The molecule has 0 bridgehead atoms. The van der Waals surface area contributed by atoms with Crippen molar-refractivity contribution in [2.75, 3.05) is 6.79 Å². The van der Waals surface area contributed by atoms with Gasteiger partial charge in [0.1, 0.15) is 0 Å². The molecule has 0 fully saturated rings. The first-order chi connectivity index (χ1) is 13.8. The maximum atomic E-state index is 13.5. The van der Waals surface area contributed by atoms with Crippen molar-refractivity contribution in [3.8, 4) is 11.5 Å². The van der Waals surface area contributed by atoms with Crippen molar-refractivity contribution in [2.45, 2.75) is 33.9 Å². The smallest absolute Gasteiger partial charge is 0.258 e. The summed E-state index contributed by atoms with van der Waals surface area (Å²) in [5.74, 6) is 1.39. The molecule has 0 aliphatic carbocycles. The Bertz CT molecular complexity index is 1080. The number of nitrogens with zero attached hydrogens (tertiary/aromatic N) is 5. The van der Waals surface area contributed by atoms with Crippen molar-refractivity contribution in [3.63, 3.8) is 0 Å². The Labute approximate surface area is 169 Å². The van der Waals surface area contributed by atoms with Gasteiger partial charge in [0.15, 0.2) is 11.5 Å². The van der Waals surface area contributed by atoms with Crippen LogP contribution in [0.2, 0.25) is 0 Å². The van der Waals surface area contributed by atoms with Crippen LogP contribution < -0.4 is 9.47 Å². The van der Waals surface area contributed by atoms with Crippen molar-refractivity contribution in [3.05, 3.63) is 58.2 Å². The zero-order chi connectivity index (χ0) is 20.7. The normalized spacial score (nSPS) is 12.4. The molecule has 1 aliphatic heterocycles. The van der Waals surface area contributed by atoms with E-state index in [1.165, 1.54) is 0 Å². The summed E-state index contributed by atoms with van der Waals surface area (Å²) in [5, 5.41) is 8.83. The van der Waals surface area contributed by atoms with Gasteiger partial charge >= 0.3 is 0 Å². The highest BCUT2D eigenvalue weighted by Gasteiger charge is 2.25. The molecule has 8 heteroatoms. The number of ether oxygens (including phenoxy) is 2. The van der Waals surface area contributed by atoms with E-state index in [9.17, 15) is 4.79 Å². The molecule has 1 aromatic carbocycles. The maximum absolute atomic E-state index is 13.5. The van der Waals surface area contributed by atoms with Crippen molar-refractivity contribution in [1.82, 2.24) is 24.5 Å². The topological polar surface area (TPSA) is 74.4 Å². The number of carbonyl (C=O) groups excluding carboxylic acids is 1. The molecule has 0 atom stereocenters. The lowest BCUT2D eigenvalue weighted by Crippen LogP contribution is -2.31. The molecule has 8 nitrogen and oxygen atoms in total. The molecule has 0 spiro atoms. The molecule has 3 aromatic rings. The number of rotatable bonds is 5. The molecule has 152 valence electrons. The van der Waals surface area contributed by atoms with Crippen LogP contribution in [0.15, 0.2) is 24.3 Å². The quantitative estimate of drug-likeness (QED) is 0.664. The minimum absolute atomic E-state index is 0.0513. The Morgan fingerprint density at radius 1 is 1.03 bits per heavy atom. The average Bonchev–Trinajstić information content (AvgIpc) is 3.32. The van der Waals surface area contributed by atoms with Crippen LogP contribution in [0.4, 0.5) is 0 Å². The number of hydrogen-bond acceptors (Lipinski definition) is 5. The molecule has 1 amide bonds. The summed E-state index contributed by atoms with van der Waals surface area (Å²) >= 11 is 0. The lowest BCUT2D eigenvalue weighted by Gasteiger charge is -2.23. The van der Waals surface area contributed by atoms with E-state index in [2.05, 4.69) is 10.2 Å². The summed E-state index contributed by atoms with van der Waals surface area (Å²) in [6.45, 7) is 6.84. The second-order valence-corrected chi connectivity index (χ2v) is 7.42. The van der Waals surface area contributed by atoms with E-state index in [1.54, 1.807) is 4.68 Å². The Morgan fingerprint density at radius 3 is 2.45 bits per heavy atom. The van der Waals surface area contributed by atoms with Gasteiger partial charge in [0.2, 0.25) is 6.79 Å². The van der Waals surface area contributed by atoms with Gasteiger partial charge in [-0.05, 0) is 44.5 Å². The number of fused-ring (bicyclic) bond motifs is 1. The highest BCUT2D eigenvalue weighted by Crippen LogP contribution is 2.33. The first-order valence-electron chi connectivity index (χ1n) is 9.51. The van der Waals surface area contributed by atoms with Crippen molar-refractivity contribution < 1.29 is 14.3 Å². The number of aryl methyl sites for hydroxylation is 4. The third kappa shape index (κ3) is 3.57. The molecule has 0 saturated carbocycles. The molecule has 0 saturated heterocycles. The van der Waals surface area contributed by atoms with Crippen LogP contribution >= 0.6 is 0 Å². The van der Waals surface area contributed by atoms with Gasteiger partial charge in [0.25, 0.3) is 5.91 Å². The number of aromatic nitrogens is 4. The lowest BCUT2D eigenvalue weighted by atomic mass is 10.1. The number of amides is 1. The second-order valence-electron chi connectivity index (χ2n) is 7.42. The zero-order valence-corrected chi connectivity index (χ0v) is 17.4. The van der Waals surface area contributed by atoms with E-state index in [1.807, 2.05) is 68.7 Å². The Balaban J connectivity index is 1.68. The monoisotopic (exact) mass is 395 g/mol. The van der Waals surface area contributed by atoms with E-state index in [4.69, 9.17) is 9.47 Å². The fourth-order valence-corrected chi connectivity index (χ4v) is 3.71. The van der Waals surface area contributed by atoms with E-state index >= 15 is 0 Å². The molecule has 2 aromatic heterocycles. The van der Waals surface area contributed by atoms with Crippen LogP contribution in [0.25, 0.3) is 0 Å². The standard InChI is InChI=1S/C21H25N5O3/c1-13-8-17(25(5)22-13)11-26(21(27)20-14(2)23-24(4)15(20)3)10-16-6-7-18-19(9-16)29-12-28-18/h6-9H,10-12H2,1-5H3. The summed E-state index contributed by atoms with van der Waals surface area (Å²) in [6, 6.07) is 7.78. The Hall–Kier alpha value is -3.29. The van der Waals surface area contributed by atoms with E-state index < -0.39 is 0 Å². The summed E-state index contributed by atoms with van der Waals surface area (Å²) in [7, 11) is 3.75. The van der Waals surface area contributed by atoms with Crippen molar-refractivity contribution >= 4 is 5.91 Å². The highest BCUT2D eigenvalue weighted by atomic mass is 16.7. The summed E-state index contributed by atoms with van der Waals surface area (Å²) < 4.78 is 14.5. The van der Waals surface area contributed by atoms with Crippen molar-refractivity contribution in [1.29, 1.82) is 0 Å². The minimum Gasteiger partial charge on any atom is -0.454 e. The fraction of sp³-hybridized carbons (Fsp3) is 0.381.